The fourth-order valence-electron chi connectivity index (χ4n) is 3.67. The molecule has 0 amide bonds. The van der Waals surface area contributed by atoms with Gasteiger partial charge in [-0.1, -0.05) is 12.1 Å². The van der Waals surface area contributed by atoms with Crippen LogP contribution in [-0.2, 0) is 12.8 Å². The van der Waals surface area contributed by atoms with Crippen molar-refractivity contribution in [3.8, 4) is 5.75 Å². The van der Waals surface area contributed by atoms with E-state index in [9.17, 15) is 0 Å². The number of anilines is 1. The smallest absolute Gasteiger partial charge is 0.138 e. The van der Waals surface area contributed by atoms with Gasteiger partial charge in [0.1, 0.15) is 11.6 Å². The Balaban J connectivity index is 1.69. The molecule has 3 heteroatoms. The zero-order chi connectivity index (χ0) is 15.4. The lowest BCUT2D eigenvalue weighted by atomic mass is 10.00. The summed E-state index contributed by atoms with van der Waals surface area (Å²) in [5.41, 5.74) is 6.18. The van der Waals surface area contributed by atoms with Crippen LogP contribution in [0.2, 0.25) is 0 Å². The molecule has 0 spiro atoms. The van der Waals surface area contributed by atoms with Crippen molar-refractivity contribution in [1.29, 1.82) is 0 Å². The summed E-state index contributed by atoms with van der Waals surface area (Å²) < 4.78 is 5.23. The van der Waals surface area contributed by atoms with Crippen molar-refractivity contribution < 1.29 is 4.74 Å². The van der Waals surface area contributed by atoms with Gasteiger partial charge in [-0.25, -0.2) is 4.99 Å². The first-order chi connectivity index (χ1) is 11.3. The van der Waals surface area contributed by atoms with Gasteiger partial charge in [-0.2, -0.15) is 0 Å². The van der Waals surface area contributed by atoms with Crippen LogP contribution in [0.3, 0.4) is 0 Å². The normalized spacial score (nSPS) is 14.6. The van der Waals surface area contributed by atoms with Gasteiger partial charge in [0, 0.05) is 16.6 Å². The first kappa shape index (κ1) is 12.7. The number of aryl methyl sites for hydroxylation is 2. The van der Waals surface area contributed by atoms with Crippen LogP contribution < -0.4 is 10.1 Å². The lowest BCUT2D eigenvalue weighted by Gasteiger charge is -2.20. The Hall–Kier alpha value is -2.81. The molecule has 23 heavy (non-hydrogen) atoms. The number of amidine groups is 1. The molecule has 5 rings (SSSR count). The van der Waals surface area contributed by atoms with Crippen molar-refractivity contribution in [2.45, 2.75) is 12.8 Å². The van der Waals surface area contributed by atoms with Gasteiger partial charge in [-0.15, -0.1) is 0 Å². The van der Waals surface area contributed by atoms with Gasteiger partial charge >= 0.3 is 0 Å². The van der Waals surface area contributed by atoms with E-state index in [0.29, 0.717) is 0 Å². The highest BCUT2D eigenvalue weighted by Gasteiger charge is 2.22. The molecule has 1 N–H and O–H groups in total. The summed E-state index contributed by atoms with van der Waals surface area (Å²) in [6, 6.07) is 16.8. The monoisotopic (exact) mass is 300 g/mol. The molecule has 0 atom stereocenters. The fourth-order valence-corrected chi connectivity index (χ4v) is 3.67. The SMILES string of the molecule is COc1ccc(C2=Nc3ccc4c5c(ccc(c35)N2)CC4)cc1. The number of nitrogens with one attached hydrogen (secondary N) is 1. The third-order valence-electron chi connectivity index (χ3n) is 4.82. The molecule has 3 nitrogen and oxygen atoms in total. The standard InChI is InChI=1S/C20H16N2O/c1-23-15-8-4-14(5-9-15)20-21-16-10-6-12-2-3-13-7-11-17(22-20)19(16)18(12)13/h4-11H,2-3H2,1H3,(H,21,22). The van der Waals surface area contributed by atoms with E-state index in [4.69, 9.17) is 9.73 Å². The number of aliphatic imine (C=N–C) groups is 1. The van der Waals surface area contributed by atoms with Gasteiger partial charge in [0.15, 0.2) is 0 Å². The van der Waals surface area contributed by atoms with Crippen molar-refractivity contribution in [3.05, 3.63) is 65.2 Å². The van der Waals surface area contributed by atoms with E-state index in [1.54, 1.807) is 7.11 Å². The number of hydrogen-bond acceptors (Lipinski definition) is 3. The second kappa shape index (κ2) is 4.59. The molecule has 0 aromatic heterocycles. The predicted octanol–water partition coefficient (Wildman–Crippen LogP) is 4.45. The number of ether oxygens (including phenoxy) is 1. The molecule has 0 bridgehead atoms. The molecule has 3 aromatic rings. The average molecular weight is 300 g/mol. The topological polar surface area (TPSA) is 33.6 Å². The summed E-state index contributed by atoms with van der Waals surface area (Å²) >= 11 is 0. The molecule has 1 aliphatic carbocycles. The number of hydrogen-bond donors (Lipinski definition) is 1. The minimum Gasteiger partial charge on any atom is -0.497 e. The molecule has 2 aliphatic rings. The molecule has 1 aliphatic heterocycles. The Morgan fingerprint density at radius 2 is 1.61 bits per heavy atom. The first-order valence-corrected chi connectivity index (χ1v) is 7.91. The van der Waals surface area contributed by atoms with Crippen molar-refractivity contribution in [2.24, 2.45) is 4.99 Å². The first-order valence-electron chi connectivity index (χ1n) is 7.91. The molecule has 0 unspecified atom stereocenters. The molecular weight excluding hydrogens is 284 g/mol. The van der Waals surface area contributed by atoms with Crippen LogP contribution in [0, 0.1) is 0 Å². The van der Waals surface area contributed by atoms with Gasteiger partial charge in [-0.05, 0) is 65.8 Å². The predicted molar refractivity (Wildman–Crippen MR) is 94.2 cm³/mol. The van der Waals surface area contributed by atoms with Gasteiger partial charge in [0.05, 0.1) is 12.8 Å². The highest BCUT2D eigenvalue weighted by Crippen LogP contribution is 2.42. The Bertz CT molecular complexity index is 961. The number of methoxy groups -OCH3 is 1. The van der Waals surface area contributed by atoms with Crippen LogP contribution in [0.1, 0.15) is 16.7 Å². The van der Waals surface area contributed by atoms with E-state index in [1.807, 2.05) is 24.3 Å². The zero-order valence-electron chi connectivity index (χ0n) is 12.9. The largest absolute Gasteiger partial charge is 0.497 e. The molecule has 0 saturated heterocycles. The van der Waals surface area contributed by atoms with Gasteiger partial charge in [0.2, 0.25) is 0 Å². The van der Waals surface area contributed by atoms with Crippen molar-refractivity contribution in [3.63, 3.8) is 0 Å². The third kappa shape index (κ3) is 1.80. The zero-order valence-corrected chi connectivity index (χ0v) is 12.9. The third-order valence-corrected chi connectivity index (χ3v) is 4.82. The van der Waals surface area contributed by atoms with Gasteiger partial charge in [-0.3, -0.25) is 0 Å². The molecule has 3 aromatic carbocycles. The number of benzene rings is 3. The summed E-state index contributed by atoms with van der Waals surface area (Å²) in [7, 11) is 1.68. The average Bonchev–Trinajstić information content (AvgIpc) is 3.04. The maximum atomic E-state index is 5.23. The lowest BCUT2D eigenvalue weighted by Crippen LogP contribution is -2.16. The maximum Gasteiger partial charge on any atom is 0.138 e. The van der Waals surface area contributed by atoms with Gasteiger partial charge in [0.25, 0.3) is 0 Å². The highest BCUT2D eigenvalue weighted by atomic mass is 16.5. The summed E-state index contributed by atoms with van der Waals surface area (Å²) in [5.74, 6) is 1.74. The van der Waals surface area contributed by atoms with Crippen molar-refractivity contribution in [1.82, 2.24) is 0 Å². The second-order valence-electron chi connectivity index (χ2n) is 6.08. The lowest BCUT2D eigenvalue weighted by molar-refractivity contribution is 0.415. The molecule has 112 valence electrons. The van der Waals surface area contributed by atoms with E-state index >= 15 is 0 Å². The highest BCUT2D eigenvalue weighted by molar-refractivity contribution is 6.20. The minimum atomic E-state index is 0.854. The van der Waals surface area contributed by atoms with E-state index in [1.165, 1.54) is 21.9 Å². The molecule has 1 heterocycles. The Morgan fingerprint density at radius 1 is 0.870 bits per heavy atom. The van der Waals surface area contributed by atoms with Crippen molar-refractivity contribution in [2.75, 3.05) is 12.4 Å². The minimum absolute atomic E-state index is 0.854. The van der Waals surface area contributed by atoms with Crippen LogP contribution >= 0.6 is 0 Å². The number of rotatable bonds is 2. The van der Waals surface area contributed by atoms with Crippen molar-refractivity contribution >= 4 is 28.0 Å². The summed E-state index contributed by atoms with van der Waals surface area (Å²) in [6.07, 6.45) is 2.29. The van der Waals surface area contributed by atoms with Crippen LogP contribution in [0.4, 0.5) is 11.4 Å². The fraction of sp³-hybridized carbons (Fsp3) is 0.150. The van der Waals surface area contributed by atoms with Gasteiger partial charge < -0.3 is 10.1 Å². The summed E-state index contributed by atoms with van der Waals surface area (Å²) in [6.45, 7) is 0. The quantitative estimate of drug-likeness (QED) is 0.758. The van der Waals surface area contributed by atoms with E-state index in [-0.39, 0.29) is 0 Å². The molecule has 0 radical (unpaired) electrons. The van der Waals surface area contributed by atoms with Crippen LogP contribution in [-0.4, -0.2) is 12.9 Å². The van der Waals surface area contributed by atoms with E-state index in [0.717, 1.165) is 41.4 Å². The van der Waals surface area contributed by atoms with Crippen LogP contribution in [0.5, 0.6) is 5.75 Å². The van der Waals surface area contributed by atoms with Crippen LogP contribution in [0.15, 0.2) is 53.5 Å². The van der Waals surface area contributed by atoms with Crippen LogP contribution in [0.25, 0.3) is 10.8 Å². The Morgan fingerprint density at radius 3 is 2.35 bits per heavy atom. The molecular formula is C20H16N2O. The Labute approximate surface area is 134 Å². The molecule has 0 fully saturated rings. The maximum absolute atomic E-state index is 5.23. The van der Waals surface area contributed by atoms with E-state index < -0.39 is 0 Å². The summed E-state index contributed by atoms with van der Waals surface area (Å²) in [4.78, 5) is 4.86. The van der Waals surface area contributed by atoms with E-state index in [2.05, 4.69) is 29.6 Å². The molecule has 0 saturated carbocycles. The Kier molecular flexibility index (Phi) is 2.54. The summed E-state index contributed by atoms with van der Waals surface area (Å²) in [5, 5.41) is 6.19. The second-order valence-corrected chi connectivity index (χ2v) is 6.08. The number of nitrogens with zero attached hydrogens (tertiary/aromatic N) is 1.